The second-order valence-electron chi connectivity index (χ2n) is 7.88. The average molecular weight is 463 g/mol. The largest absolute Gasteiger partial charge is 0.404 e. The van der Waals surface area contributed by atoms with E-state index in [0.29, 0.717) is 28.0 Å². The van der Waals surface area contributed by atoms with Crippen molar-refractivity contribution in [3.8, 4) is 17.5 Å². The lowest BCUT2D eigenvalue weighted by Gasteiger charge is -2.29. The van der Waals surface area contributed by atoms with Crippen LogP contribution >= 0.6 is 0 Å². The van der Waals surface area contributed by atoms with E-state index >= 15 is 0 Å². The van der Waals surface area contributed by atoms with Crippen molar-refractivity contribution in [2.75, 3.05) is 0 Å². The van der Waals surface area contributed by atoms with Crippen molar-refractivity contribution in [1.29, 1.82) is 5.26 Å². The van der Waals surface area contributed by atoms with Crippen LogP contribution in [0, 0.1) is 18.3 Å². The number of hydrogen-bond donors (Lipinski definition) is 1. The maximum Gasteiger partial charge on any atom is 0.404 e. The Morgan fingerprint density at radius 1 is 1.25 bits per heavy atom. The lowest BCUT2D eigenvalue weighted by atomic mass is 9.92. The highest BCUT2D eigenvalue weighted by Gasteiger charge is 2.39. The van der Waals surface area contributed by atoms with Gasteiger partial charge in [0.25, 0.3) is 0 Å². The Hall–Kier alpha value is -2.97. The van der Waals surface area contributed by atoms with Gasteiger partial charge < -0.3 is 4.57 Å². The summed E-state index contributed by atoms with van der Waals surface area (Å²) >= 11 is 0. The Balaban J connectivity index is 1.80. The quantitative estimate of drug-likeness (QED) is 0.610. The summed E-state index contributed by atoms with van der Waals surface area (Å²) in [7, 11) is -4.42. The van der Waals surface area contributed by atoms with E-state index in [0.717, 1.165) is 38.1 Å². The van der Waals surface area contributed by atoms with Crippen molar-refractivity contribution in [2.24, 2.45) is 0 Å². The molecule has 1 saturated carbocycles. The Labute approximate surface area is 183 Å². The van der Waals surface area contributed by atoms with Crippen molar-refractivity contribution in [2.45, 2.75) is 56.3 Å². The molecule has 168 valence electrons. The van der Waals surface area contributed by atoms with E-state index in [-0.39, 0.29) is 6.04 Å². The second-order valence-corrected chi connectivity index (χ2v) is 9.59. The molecule has 0 aliphatic heterocycles. The summed E-state index contributed by atoms with van der Waals surface area (Å²) < 4.78 is 66.6. The Morgan fingerprint density at radius 3 is 2.50 bits per heavy atom. The van der Waals surface area contributed by atoms with E-state index in [1.54, 1.807) is 4.72 Å². The number of sulfonamides is 1. The van der Waals surface area contributed by atoms with Crippen LogP contribution in [0.2, 0.25) is 0 Å². The van der Waals surface area contributed by atoms with E-state index in [1.807, 2.05) is 23.6 Å². The predicted octanol–water partition coefficient (Wildman–Crippen LogP) is 4.23. The number of halogens is 3. The molecule has 1 aliphatic rings. The van der Waals surface area contributed by atoms with Gasteiger partial charge in [0.05, 0.1) is 17.0 Å². The molecule has 0 spiro atoms. The number of aromatic nitrogens is 3. The maximum absolute atomic E-state index is 12.8. The van der Waals surface area contributed by atoms with Crippen LogP contribution in [0.25, 0.3) is 22.4 Å². The fourth-order valence-corrected chi connectivity index (χ4v) is 4.86. The molecule has 11 heteroatoms. The third-order valence-corrected chi connectivity index (χ3v) is 7.18. The van der Waals surface area contributed by atoms with Crippen molar-refractivity contribution >= 4 is 21.1 Å². The zero-order valence-electron chi connectivity index (χ0n) is 17.3. The van der Waals surface area contributed by atoms with Gasteiger partial charge >= 0.3 is 6.18 Å². The molecule has 1 atom stereocenters. The fraction of sp³-hybridized carbons (Fsp3) is 0.381. The van der Waals surface area contributed by atoms with Gasteiger partial charge in [0, 0.05) is 23.3 Å². The monoisotopic (exact) mass is 463 g/mol. The van der Waals surface area contributed by atoms with Crippen LogP contribution in [0.4, 0.5) is 13.2 Å². The topological polar surface area (TPSA) is 101 Å². The van der Waals surface area contributed by atoms with E-state index in [2.05, 4.69) is 16.0 Å². The molecule has 1 fully saturated rings. The van der Waals surface area contributed by atoms with Gasteiger partial charge in [-0.2, -0.15) is 23.2 Å². The van der Waals surface area contributed by atoms with E-state index < -0.39 is 27.1 Å². The van der Waals surface area contributed by atoms with Crippen molar-refractivity contribution in [3.05, 3.63) is 41.7 Å². The average Bonchev–Trinajstić information content (AvgIpc) is 2.99. The van der Waals surface area contributed by atoms with Crippen LogP contribution in [0.15, 0.2) is 35.4 Å². The van der Waals surface area contributed by atoms with Crippen molar-refractivity contribution in [3.63, 3.8) is 0 Å². The van der Waals surface area contributed by atoms with E-state index in [4.69, 9.17) is 0 Å². The SMILES string of the molecule is Cc1ccc2c(C#N)c(-c3ccc(S(=O)(=O)N[C@@H](C)C(F)(F)F)cn3)n(C3CCC3)c2n1. The molecule has 1 aliphatic carbocycles. The molecule has 0 saturated heterocycles. The van der Waals surface area contributed by atoms with Crippen LogP contribution in [0.1, 0.15) is 43.5 Å². The van der Waals surface area contributed by atoms with Crippen LogP contribution < -0.4 is 4.72 Å². The molecular weight excluding hydrogens is 443 g/mol. The van der Waals surface area contributed by atoms with E-state index in [1.165, 1.54) is 12.1 Å². The highest BCUT2D eigenvalue weighted by atomic mass is 32.2. The standard InChI is InChI=1S/C21H20F3N5O2S/c1-12-6-8-16-17(10-25)19(29(20(16)27-12)14-4-3-5-14)18-9-7-15(11-26-18)32(30,31)28-13(2)21(22,23)24/h6-9,11,13-14,28H,3-5H2,1-2H3/t13-/m0/s1. The highest BCUT2D eigenvalue weighted by molar-refractivity contribution is 7.89. The van der Waals surface area contributed by atoms with Crippen LogP contribution in [0.3, 0.4) is 0 Å². The minimum Gasteiger partial charge on any atom is -0.320 e. The number of nitrogens with one attached hydrogen (secondary N) is 1. The second kappa shape index (κ2) is 7.86. The summed E-state index contributed by atoms with van der Waals surface area (Å²) in [5, 5.41) is 10.5. The third-order valence-electron chi connectivity index (χ3n) is 5.65. The number of nitrogens with zero attached hydrogens (tertiary/aromatic N) is 4. The zero-order chi connectivity index (χ0) is 23.3. The number of fused-ring (bicyclic) bond motifs is 1. The molecule has 0 bridgehead atoms. The molecule has 0 radical (unpaired) electrons. The summed E-state index contributed by atoms with van der Waals surface area (Å²) in [4.78, 5) is 8.44. The first-order chi connectivity index (χ1) is 15.0. The fourth-order valence-electron chi connectivity index (χ4n) is 3.69. The van der Waals surface area contributed by atoms with Gasteiger partial charge in [-0.15, -0.1) is 0 Å². The minimum atomic E-state index is -4.71. The van der Waals surface area contributed by atoms with Crippen LogP contribution in [0.5, 0.6) is 0 Å². The lowest BCUT2D eigenvalue weighted by molar-refractivity contribution is -0.147. The summed E-state index contributed by atoms with van der Waals surface area (Å²) in [5.74, 6) is 0. The zero-order valence-corrected chi connectivity index (χ0v) is 18.1. The molecule has 1 N–H and O–H groups in total. The number of pyridine rings is 2. The number of aryl methyl sites for hydroxylation is 1. The number of alkyl halides is 3. The van der Waals surface area contributed by atoms with Gasteiger partial charge in [-0.3, -0.25) is 4.98 Å². The Bertz CT molecular complexity index is 1320. The molecule has 7 nitrogen and oxygen atoms in total. The normalized spacial score (nSPS) is 16.0. The maximum atomic E-state index is 12.8. The van der Waals surface area contributed by atoms with Gasteiger partial charge in [-0.1, -0.05) is 0 Å². The third kappa shape index (κ3) is 3.84. The molecule has 4 rings (SSSR count). The first-order valence-corrected chi connectivity index (χ1v) is 11.5. The lowest BCUT2D eigenvalue weighted by Crippen LogP contribution is -2.42. The summed E-state index contributed by atoms with van der Waals surface area (Å²) in [6, 6.07) is 6.35. The molecule has 3 heterocycles. The van der Waals surface area contributed by atoms with Gasteiger partial charge in [0.15, 0.2) is 0 Å². The minimum absolute atomic E-state index is 0.142. The molecule has 0 unspecified atom stereocenters. The van der Waals surface area contributed by atoms with Crippen molar-refractivity contribution in [1.82, 2.24) is 19.3 Å². The summed E-state index contributed by atoms with van der Waals surface area (Å²) in [6.45, 7) is 2.58. The first-order valence-electron chi connectivity index (χ1n) is 10.00. The Morgan fingerprint density at radius 2 is 1.97 bits per heavy atom. The van der Waals surface area contributed by atoms with Gasteiger partial charge in [-0.05, 0) is 57.4 Å². The summed E-state index contributed by atoms with van der Waals surface area (Å²) in [5.41, 5.74) is 2.73. The summed E-state index contributed by atoms with van der Waals surface area (Å²) in [6.07, 6.45) is -0.822. The van der Waals surface area contributed by atoms with E-state index in [9.17, 15) is 26.9 Å². The van der Waals surface area contributed by atoms with Gasteiger partial charge in [0.2, 0.25) is 10.0 Å². The number of rotatable bonds is 5. The smallest absolute Gasteiger partial charge is 0.320 e. The number of nitriles is 1. The predicted molar refractivity (Wildman–Crippen MR) is 111 cm³/mol. The van der Waals surface area contributed by atoms with Crippen molar-refractivity contribution < 1.29 is 21.6 Å². The van der Waals surface area contributed by atoms with Crippen LogP contribution in [-0.2, 0) is 10.0 Å². The Kier molecular flexibility index (Phi) is 5.46. The molecule has 3 aromatic rings. The molecule has 32 heavy (non-hydrogen) atoms. The van der Waals surface area contributed by atoms with Crippen LogP contribution in [-0.4, -0.2) is 35.2 Å². The molecule has 0 amide bonds. The first kappa shape index (κ1) is 22.2. The highest BCUT2D eigenvalue weighted by Crippen LogP contribution is 2.41. The number of hydrogen-bond acceptors (Lipinski definition) is 5. The molecule has 0 aromatic carbocycles. The molecule has 3 aromatic heterocycles. The molecular formula is C21H20F3N5O2S. The van der Waals surface area contributed by atoms with Gasteiger partial charge in [-0.25, -0.2) is 13.4 Å². The van der Waals surface area contributed by atoms with Gasteiger partial charge in [0.1, 0.15) is 22.7 Å².